The summed E-state index contributed by atoms with van der Waals surface area (Å²) in [5, 5.41) is 22.3. The van der Waals surface area contributed by atoms with Crippen LogP contribution < -0.4 is 14.8 Å². The molecule has 0 saturated heterocycles. The summed E-state index contributed by atoms with van der Waals surface area (Å²) < 4.78 is 11.3. The second kappa shape index (κ2) is 11.4. The van der Waals surface area contributed by atoms with Crippen molar-refractivity contribution < 1.29 is 24.5 Å². The summed E-state index contributed by atoms with van der Waals surface area (Å²) in [4.78, 5) is 11.1. The summed E-state index contributed by atoms with van der Waals surface area (Å²) in [5.41, 5.74) is 6.84. The highest BCUT2D eigenvalue weighted by molar-refractivity contribution is 5.91. The van der Waals surface area contributed by atoms with E-state index in [0.717, 1.165) is 16.7 Å². The molecule has 6 nitrogen and oxygen atoms in total. The lowest BCUT2D eigenvalue weighted by molar-refractivity contribution is 0.0694. The smallest absolute Gasteiger partial charge is 0.339 e. The molecule has 0 atom stereocenters. The van der Waals surface area contributed by atoms with Crippen molar-refractivity contribution in [3.8, 4) is 28.4 Å². The Kier molecular flexibility index (Phi) is 7.79. The van der Waals surface area contributed by atoms with Gasteiger partial charge in [-0.3, -0.25) is 0 Å². The largest absolute Gasteiger partial charge is 0.507 e. The lowest BCUT2D eigenvalue weighted by atomic mass is 9.96. The van der Waals surface area contributed by atoms with Gasteiger partial charge in [0.05, 0.1) is 19.8 Å². The Hall–Kier alpha value is -4.71. The van der Waals surface area contributed by atoms with Crippen LogP contribution in [0.25, 0.3) is 23.3 Å². The lowest BCUT2D eigenvalue weighted by Crippen LogP contribution is -2.05. The summed E-state index contributed by atoms with van der Waals surface area (Å²) >= 11 is 0. The van der Waals surface area contributed by atoms with Crippen LogP contribution in [0.1, 0.15) is 32.6 Å². The van der Waals surface area contributed by atoms with Crippen molar-refractivity contribution in [2.45, 2.75) is 13.5 Å². The molecule has 188 valence electrons. The van der Waals surface area contributed by atoms with Gasteiger partial charge in [-0.15, -0.1) is 0 Å². The number of carboxylic acids is 1. The average molecular weight is 496 g/mol. The number of hydrogen-bond acceptors (Lipinski definition) is 5. The molecule has 0 saturated carbocycles. The molecule has 0 bridgehead atoms. The Morgan fingerprint density at radius 2 is 1.59 bits per heavy atom. The van der Waals surface area contributed by atoms with E-state index in [1.165, 1.54) is 28.8 Å². The van der Waals surface area contributed by atoms with Crippen molar-refractivity contribution in [3.63, 3.8) is 0 Å². The first-order chi connectivity index (χ1) is 17.9. The number of aromatic hydroxyl groups is 1. The molecule has 0 fully saturated rings. The van der Waals surface area contributed by atoms with Crippen LogP contribution in [0.2, 0.25) is 0 Å². The molecule has 0 heterocycles. The number of hydrogen-bond donors (Lipinski definition) is 3. The van der Waals surface area contributed by atoms with Gasteiger partial charge < -0.3 is 25.0 Å². The molecule has 0 aliphatic carbocycles. The van der Waals surface area contributed by atoms with Crippen LogP contribution in [-0.4, -0.2) is 30.4 Å². The van der Waals surface area contributed by atoms with Gasteiger partial charge in [-0.05, 0) is 59.0 Å². The third-order valence-electron chi connectivity index (χ3n) is 6.24. The molecule has 0 aliphatic heterocycles. The van der Waals surface area contributed by atoms with E-state index in [1.807, 2.05) is 36.4 Å². The van der Waals surface area contributed by atoms with Crippen LogP contribution in [0.5, 0.6) is 17.2 Å². The number of nitrogens with one attached hydrogen (secondary N) is 1. The maximum atomic E-state index is 11.1. The van der Waals surface area contributed by atoms with Gasteiger partial charge in [0.15, 0.2) is 0 Å². The molecule has 0 aromatic heterocycles. The number of carboxylic acid groups (broad SMARTS) is 1. The fourth-order valence-electron chi connectivity index (χ4n) is 4.24. The van der Waals surface area contributed by atoms with Crippen molar-refractivity contribution in [1.29, 1.82) is 0 Å². The van der Waals surface area contributed by atoms with Crippen molar-refractivity contribution in [3.05, 3.63) is 107 Å². The van der Waals surface area contributed by atoms with Gasteiger partial charge in [-0.1, -0.05) is 60.7 Å². The fraction of sp³-hybridized carbons (Fsp3) is 0.129. The van der Waals surface area contributed by atoms with Crippen molar-refractivity contribution in [2.24, 2.45) is 0 Å². The molecule has 6 heteroatoms. The number of anilines is 1. The summed E-state index contributed by atoms with van der Waals surface area (Å²) in [6.45, 7) is 2.47. The second-order valence-electron chi connectivity index (χ2n) is 8.51. The molecule has 4 aromatic rings. The standard InChI is InChI=1S/C31H29NO5/c1-20-22(10-7-11-25(20)23-8-5-4-6-9-23)13-12-21-16-29(36-2)27(30(17-21)37-3)19-32-24-14-15-26(31(34)35)28(33)18-24/h4-18,32-33H,19H2,1-3H3,(H,34,35)/b13-12+. The highest BCUT2D eigenvalue weighted by Gasteiger charge is 2.14. The Bertz CT molecular complexity index is 1420. The van der Waals surface area contributed by atoms with E-state index in [2.05, 4.69) is 48.6 Å². The molecule has 0 radical (unpaired) electrons. The average Bonchev–Trinajstić information content (AvgIpc) is 2.91. The number of benzene rings is 4. The van der Waals surface area contributed by atoms with Crippen LogP contribution in [0.3, 0.4) is 0 Å². The molecule has 3 N–H and O–H groups in total. The minimum absolute atomic E-state index is 0.151. The van der Waals surface area contributed by atoms with E-state index in [9.17, 15) is 9.90 Å². The number of phenols is 1. The molecular weight excluding hydrogens is 466 g/mol. The zero-order valence-electron chi connectivity index (χ0n) is 21.0. The third-order valence-corrected chi connectivity index (χ3v) is 6.24. The number of ether oxygens (including phenoxy) is 2. The normalized spacial score (nSPS) is 10.9. The first-order valence-electron chi connectivity index (χ1n) is 11.8. The topological polar surface area (TPSA) is 88.0 Å². The Morgan fingerprint density at radius 1 is 0.892 bits per heavy atom. The van der Waals surface area contributed by atoms with Gasteiger partial charge >= 0.3 is 5.97 Å². The predicted octanol–water partition coefficient (Wildman–Crippen LogP) is 6.87. The lowest BCUT2D eigenvalue weighted by Gasteiger charge is -2.16. The molecule has 37 heavy (non-hydrogen) atoms. The van der Waals surface area contributed by atoms with E-state index in [4.69, 9.17) is 14.6 Å². The Labute approximate surface area is 216 Å². The number of methoxy groups -OCH3 is 2. The van der Waals surface area contributed by atoms with Gasteiger partial charge in [0.1, 0.15) is 22.8 Å². The van der Waals surface area contributed by atoms with Crippen LogP contribution in [0, 0.1) is 6.92 Å². The van der Waals surface area contributed by atoms with Gasteiger partial charge in [0.2, 0.25) is 0 Å². The van der Waals surface area contributed by atoms with Crippen molar-refractivity contribution >= 4 is 23.8 Å². The van der Waals surface area contributed by atoms with E-state index >= 15 is 0 Å². The zero-order chi connectivity index (χ0) is 26.4. The first-order valence-corrected chi connectivity index (χ1v) is 11.8. The van der Waals surface area contributed by atoms with Crippen LogP contribution in [0.15, 0.2) is 78.9 Å². The summed E-state index contributed by atoms with van der Waals surface area (Å²) in [5.74, 6) is -0.193. The maximum absolute atomic E-state index is 11.1. The zero-order valence-corrected chi connectivity index (χ0v) is 21.0. The monoisotopic (exact) mass is 495 g/mol. The van der Waals surface area contributed by atoms with E-state index < -0.39 is 5.97 Å². The van der Waals surface area contributed by atoms with Crippen molar-refractivity contribution in [1.82, 2.24) is 0 Å². The van der Waals surface area contributed by atoms with Crippen LogP contribution in [0.4, 0.5) is 5.69 Å². The molecule has 4 aromatic carbocycles. The van der Waals surface area contributed by atoms with Gasteiger partial charge in [0, 0.05) is 18.3 Å². The Morgan fingerprint density at radius 3 is 2.22 bits per heavy atom. The quantitative estimate of drug-likeness (QED) is 0.220. The van der Waals surface area contributed by atoms with E-state index in [0.29, 0.717) is 23.7 Å². The van der Waals surface area contributed by atoms with E-state index in [-0.39, 0.29) is 11.3 Å². The Balaban J connectivity index is 1.58. The molecular formula is C31H29NO5. The number of aromatic carboxylic acids is 1. The SMILES string of the molecule is COc1cc(/C=C/c2cccc(-c3ccccc3)c2C)cc(OC)c1CNc1ccc(C(=O)O)c(O)c1. The minimum atomic E-state index is -1.18. The summed E-state index contributed by atoms with van der Waals surface area (Å²) in [6, 6.07) is 24.8. The highest BCUT2D eigenvalue weighted by Crippen LogP contribution is 2.33. The molecule has 4 rings (SSSR count). The summed E-state index contributed by atoms with van der Waals surface area (Å²) in [6.07, 6.45) is 4.11. The second-order valence-corrected chi connectivity index (χ2v) is 8.51. The molecule has 0 spiro atoms. The fourth-order valence-corrected chi connectivity index (χ4v) is 4.24. The van der Waals surface area contributed by atoms with Crippen LogP contribution >= 0.6 is 0 Å². The number of rotatable bonds is 9. The van der Waals surface area contributed by atoms with Gasteiger partial charge in [-0.25, -0.2) is 4.79 Å². The third kappa shape index (κ3) is 5.76. The first kappa shape index (κ1) is 25.4. The molecule has 0 unspecified atom stereocenters. The maximum Gasteiger partial charge on any atom is 0.339 e. The summed E-state index contributed by atoms with van der Waals surface area (Å²) in [7, 11) is 3.21. The van der Waals surface area contributed by atoms with Crippen molar-refractivity contribution in [2.75, 3.05) is 19.5 Å². The molecule has 0 amide bonds. The molecule has 0 aliphatic rings. The van der Waals surface area contributed by atoms with Gasteiger partial charge in [0.25, 0.3) is 0 Å². The van der Waals surface area contributed by atoms with E-state index in [1.54, 1.807) is 20.3 Å². The van der Waals surface area contributed by atoms with Gasteiger partial charge in [-0.2, -0.15) is 0 Å². The highest BCUT2D eigenvalue weighted by atomic mass is 16.5. The van der Waals surface area contributed by atoms with Crippen LogP contribution in [-0.2, 0) is 6.54 Å². The predicted molar refractivity (Wildman–Crippen MR) is 147 cm³/mol. The number of carbonyl (C=O) groups is 1. The minimum Gasteiger partial charge on any atom is -0.507 e.